The highest BCUT2D eigenvalue weighted by molar-refractivity contribution is 5.46. The van der Waals surface area contributed by atoms with E-state index in [0.717, 1.165) is 5.75 Å². The minimum Gasteiger partial charge on any atom is -0.457 e. The molecule has 0 bridgehead atoms. The Morgan fingerprint density at radius 2 is 0.657 bits per heavy atom. The molecule has 0 saturated carbocycles. The fourth-order valence-corrected chi connectivity index (χ4v) is 3.39. The molecule has 0 atom stereocenters. The number of benzene rings is 5. The maximum Gasteiger partial charge on any atom is 0.131 e. The van der Waals surface area contributed by atoms with Crippen LogP contribution in [-0.4, -0.2) is 0 Å². The van der Waals surface area contributed by atoms with E-state index >= 15 is 0 Å². The molecular formula is C30H23NO4. The fourth-order valence-electron chi connectivity index (χ4n) is 3.39. The first-order valence-corrected chi connectivity index (χ1v) is 11.1. The minimum atomic E-state index is 0.646. The van der Waals surface area contributed by atoms with Crippen molar-refractivity contribution in [2.75, 3.05) is 5.73 Å². The van der Waals surface area contributed by atoms with Crippen LogP contribution in [0.25, 0.3) is 0 Å². The van der Waals surface area contributed by atoms with Gasteiger partial charge in [0.15, 0.2) is 0 Å². The van der Waals surface area contributed by atoms with Crippen LogP contribution < -0.4 is 24.7 Å². The van der Waals surface area contributed by atoms with Crippen LogP contribution in [0.1, 0.15) is 0 Å². The van der Waals surface area contributed by atoms with Gasteiger partial charge in [0, 0.05) is 23.9 Å². The van der Waals surface area contributed by atoms with Crippen molar-refractivity contribution in [2.24, 2.45) is 0 Å². The monoisotopic (exact) mass is 461 g/mol. The van der Waals surface area contributed by atoms with Crippen LogP contribution in [0.4, 0.5) is 5.69 Å². The number of anilines is 1. The van der Waals surface area contributed by atoms with Crippen LogP contribution in [0, 0.1) is 0 Å². The van der Waals surface area contributed by atoms with Crippen molar-refractivity contribution in [3.05, 3.63) is 127 Å². The topological polar surface area (TPSA) is 62.9 Å². The standard InChI is InChI=1S/C30H23NO4/c31-22-7-4-10-26(19-22)35-30-14-6-13-29(21-30)34-25-17-15-24(16-18-25)33-28-12-5-11-27(20-28)32-23-8-2-1-3-9-23/h1-21H,31H2. The van der Waals surface area contributed by atoms with Gasteiger partial charge in [0.2, 0.25) is 0 Å². The van der Waals surface area contributed by atoms with E-state index in [1.165, 1.54) is 0 Å². The summed E-state index contributed by atoms with van der Waals surface area (Å²) in [5.41, 5.74) is 6.47. The number of hydrogen-bond acceptors (Lipinski definition) is 5. The van der Waals surface area contributed by atoms with Crippen LogP contribution in [0.3, 0.4) is 0 Å². The van der Waals surface area contributed by atoms with Crippen molar-refractivity contribution in [3.8, 4) is 46.0 Å². The van der Waals surface area contributed by atoms with Gasteiger partial charge < -0.3 is 24.7 Å². The van der Waals surface area contributed by atoms with Gasteiger partial charge in [0.1, 0.15) is 46.0 Å². The second-order valence-electron chi connectivity index (χ2n) is 7.71. The maximum absolute atomic E-state index is 5.99. The summed E-state index contributed by atoms with van der Waals surface area (Å²) in [6.45, 7) is 0. The van der Waals surface area contributed by atoms with E-state index in [-0.39, 0.29) is 0 Å². The lowest BCUT2D eigenvalue weighted by Crippen LogP contribution is -1.89. The third-order valence-electron chi connectivity index (χ3n) is 4.98. The first kappa shape index (κ1) is 21.9. The van der Waals surface area contributed by atoms with Crippen LogP contribution in [0.15, 0.2) is 127 Å². The zero-order chi connectivity index (χ0) is 23.9. The van der Waals surface area contributed by atoms with Gasteiger partial charge in [0.05, 0.1) is 0 Å². The molecule has 5 aromatic carbocycles. The highest BCUT2D eigenvalue weighted by Gasteiger charge is 2.05. The molecule has 0 aromatic heterocycles. The summed E-state index contributed by atoms with van der Waals surface area (Å²) in [5.74, 6) is 5.51. The third-order valence-corrected chi connectivity index (χ3v) is 4.98. The Morgan fingerprint density at radius 3 is 1.11 bits per heavy atom. The zero-order valence-electron chi connectivity index (χ0n) is 18.8. The van der Waals surface area contributed by atoms with E-state index in [2.05, 4.69) is 0 Å². The SMILES string of the molecule is Nc1cccc(Oc2cccc(Oc3ccc(Oc4cccc(Oc5ccccc5)c4)cc3)c2)c1. The number of nitrogen functional groups attached to an aromatic ring is 1. The Kier molecular flexibility index (Phi) is 6.49. The van der Waals surface area contributed by atoms with E-state index in [0.29, 0.717) is 45.9 Å². The van der Waals surface area contributed by atoms with E-state index in [1.807, 2.05) is 121 Å². The van der Waals surface area contributed by atoms with E-state index in [1.54, 1.807) is 6.07 Å². The maximum atomic E-state index is 5.99. The average Bonchev–Trinajstić information content (AvgIpc) is 2.86. The van der Waals surface area contributed by atoms with E-state index in [9.17, 15) is 0 Å². The molecule has 172 valence electrons. The van der Waals surface area contributed by atoms with E-state index < -0.39 is 0 Å². The third kappa shape index (κ3) is 6.12. The smallest absolute Gasteiger partial charge is 0.131 e. The van der Waals surface area contributed by atoms with Gasteiger partial charge in [-0.25, -0.2) is 0 Å². The van der Waals surface area contributed by atoms with Crippen LogP contribution >= 0.6 is 0 Å². The van der Waals surface area contributed by atoms with Crippen molar-refractivity contribution < 1.29 is 18.9 Å². The van der Waals surface area contributed by atoms with Gasteiger partial charge >= 0.3 is 0 Å². The van der Waals surface area contributed by atoms with Crippen molar-refractivity contribution in [3.63, 3.8) is 0 Å². The highest BCUT2D eigenvalue weighted by atomic mass is 16.5. The largest absolute Gasteiger partial charge is 0.457 e. The molecule has 0 aliphatic rings. The average molecular weight is 462 g/mol. The molecule has 0 unspecified atom stereocenters. The molecule has 2 N–H and O–H groups in total. The lowest BCUT2D eigenvalue weighted by Gasteiger charge is -2.11. The molecule has 5 heteroatoms. The minimum absolute atomic E-state index is 0.646. The van der Waals surface area contributed by atoms with Crippen molar-refractivity contribution >= 4 is 5.69 Å². The van der Waals surface area contributed by atoms with Crippen molar-refractivity contribution in [1.29, 1.82) is 0 Å². The van der Waals surface area contributed by atoms with E-state index in [4.69, 9.17) is 24.7 Å². The Morgan fingerprint density at radius 1 is 0.314 bits per heavy atom. The molecular weight excluding hydrogens is 438 g/mol. The lowest BCUT2D eigenvalue weighted by atomic mass is 10.3. The van der Waals surface area contributed by atoms with Crippen LogP contribution in [0.5, 0.6) is 46.0 Å². The molecule has 5 rings (SSSR count). The summed E-state index contributed by atoms with van der Waals surface area (Å²) in [6, 6.07) is 39.3. The normalized spacial score (nSPS) is 10.4. The number of nitrogens with two attached hydrogens (primary N) is 1. The lowest BCUT2D eigenvalue weighted by molar-refractivity contribution is 0.453. The summed E-state index contributed by atoms with van der Waals surface area (Å²) in [4.78, 5) is 0. The molecule has 0 heterocycles. The molecule has 5 aromatic rings. The molecule has 0 fully saturated rings. The number of para-hydroxylation sites is 1. The zero-order valence-corrected chi connectivity index (χ0v) is 18.8. The first-order valence-electron chi connectivity index (χ1n) is 11.1. The van der Waals surface area contributed by atoms with Gasteiger partial charge in [-0.3, -0.25) is 0 Å². The van der Waals surface area contributed by atoms with Gasteiger partial charge in [-0.15, -0.1) is 0 Å². The molecule has 35 heavy (non-hydrogen) atoms. The second-order valence-corrected chi connectivity index (χ2v) is 7.71. The quantitative estimate of drug-likeness (QED) is 0.235. The first-order chi connectivity index (χ1) is 17.2. The highest BCUT2D eigenvalue weighted by Crippen LogP contribution is 2.32. The number of hydrogen-bond donors (Lipinski definition) is 1. The molecule has 0 spiro atoms. The van der Waals surface area contributed by atoms with Crippen LogP contribution in [0.2, 0.25) is 0 Å². The Balaban J connectivity index is 1.22. The summed E-state index contributed by atoms with van der Waals surface area (Å²) < 4.78 is 23.7. The molecule has 5 nitrogen and oxygen atoms in total. The Hall–Kier alpha value is -4.90. The molecule has 0 radical (unpaired) electrons. The van der Waals surface area contributed by atoms with Crippen molar-refractivity contribution in [2.45, 2.75) is 0 Å². The van der Waals surface area contributed by atoms with Crippen LogP contribution in [-0.2, 0) is 0 Å². The predicted octanol–water partition coefficient (Wildman–Crippen LogP) is 8.44. The molecule has 0 aliphatic carbocycles. The Bertz CT molecular complexity index is 1400. The summed E-state index contributed by atoms with van der Waals surface area (Å²) in [7, 11) is 0. The number of ether oxygens (including phenoxy) is 4. The molecule has 0 amide bonds. The fraction of sp³-hybridized carbons (Fsp3) is 0. The van der Waals surface area contributed by atoms with Gasteiger partial charge in [-0.05, 0) is 72.8 Å². The summed E-state index contributed by atoms with van der Waals surface area (Å²) in [5, 5.41) is 0. The Labute approximate surface area is 203 Å². The number of rotatable bonds is 8. The summed E-state index contributed by atoms with van der Waals surface area (Å²) in [6.07, 6.45) is 0. The van der Waals surface area contributed by atoms with Gasteiger partial charge in [-0.1, -0.05) is 36.4 Å². The molecule has 0 saturated heterocycles. The van der Waals surface area contributed by atoms with Crippen molar-refractivity contribution in [1.82, 2.24) is 0 Å². The van der Waals surface area contributed by atoms with Gasteiger partial charge in [-0.2, -0.15) is 0 Å². The second kappa shape index (κ2) is 10.4. The van der Waals surface area contributed by atoms with Gasteiger partial charge in [0.25, 0.3) is 0 Å². The summed E-state index contributed by atoms with van der Waals surface area (Å²) >= 11 is 0. The molecule has 0 aliphatic heterocycles. The predicted molar refractivity (Wildman–Crippen MR) is 137 cm³/mol.